The van der Waals surface area contributed by atoms with Gasteiger partial charge in [-0.3, -0.25) is 9.48 Å². The zero-order chi connectivity index (χ0) is 21.5. The van der Waals surface area contributed by atoms with Gasteiger partial charge in [0.25, 0.3) is 0 Å². The number of aryl methyl sites for hydroxylation is 1. The van der Waals surface area contributed by atoms with E-state index >= 15 is 0 Å². The van der Waals surface area contributed by atoms with Gasteiger partial charge >= 0.3 is 0 Å². The molecule has 1 amide bonds. The van der Waals surface area contributed by atoms with Gasteiger partial charge in [-0.2, -0.15) is 0 Å². The molecule has 2 atom stereocenters. The number of amides is 1. The van der Waals surface area contributed by atoms with E-state index in [1.807, 2.05) is 48.7 Å². The Balaban J connectivity index is 1.52. The molecule has 1 aliphatic rings. The zero-order valence-corrected chi connectivity index (χ0v) is 17.7. The van der Waals surface area contributed by atoms with E-state index < -0.39 is 0 Å². The lowest BCUT2D eigenvalue weighted by Gasteiger charge is -2.23. The number of aromatic nitrogens is 3. The van der Waals surface area contributed by atoms with Crippen molar-refractivity contribution in [2.75, 3.05) is 13.7 Å². The van der Waals surface area contributed by atoms with Crippen molar-refractivity contribution in [1.82, 2.24) is 20.3 Å². The first-order valence-electron chi connectivity index (χ1n) is 10.6. The summed E-state index contributed by atoms with van der Waals surface area (Å²) in [6, 6.07) is 17.9. The third-order valence-electron chi connectivity index (χ3n) is 5.54. The maximum atomic E-state index is 13.3. The molecule has 4 rings (SSSR count). The number of nitrogens with zero attached hydrogens (tertiary/aromatic N) is 3. The number of fused-ring (bicyclic) bond motifs is 2. The maximum Gasteiger partial charge on any atom is 0.223 e. The molecule has 0 unspecified atom stereocenters. The van der Waals surface area contributed by atoms with Crippen LogP contribution in [-0.4, -0.2) is 40.7 Å². The van der Waals surface area contributed by atoms with Crippen molar-refractivity contribution in [3.8, 4) is 5.75 Å². The number of methoxy groups -OCH3 is 1. The van der Waals surface area contributed by atoms with E-state index in [0.717, 1.165) is 17.0 Å². The Bertz CT molecular complexity index is 972. The molecule has 162 valence electrons. The van der Waals surface area contributed by atoms with Crippen molar-refractivity contribution in [3.63, 3.8) is 0 Å². The van der Waals surface area contributed by atoms with Gasteiger partial charge in [0, 0.05) is 12.5 Å². The number of hydrogen-bond acceptors (Lipinski definition) is 5. The maximum absolute atomic E-state index is 13.3. The van der Waals surface area contributed by atoms with E-state index in [1.54, 1.807) is 11.8 Å². The molecule has 2 heterocycles. The number of ether oxygens (including phenoxy) is 2. The van der Waals surface area contributed by atoms with Gasteiger partial charge in [-0.05, 0) is 42.5 Å². The molecular formula is C24H28N4O3. The Morgan fingerprint density at radius 2 is 1.87 bits per heavy atom. The summed E-state index contributed by atoms with van der Waals surface area (Å²) in [5.41, 5.74) is 3.07. The highest BCUT2D eigenvalue weighted by atomic mass is 16.5. The standard InChI is InChI=1S/C24H28N4O3/c1-30-23-9-7-19(8-10-23)13-20-11-12-28-15-22(26-27-28)17-31-16-21(25-24(20)29)14-18-5-3-2-4-6-18/h2-10,15,20-21H,11-14,16-17H2,1H3,(H,25,29)/t20-,21-/m0/s1. The average Bonchev–Trinajstić information content (AvgIpc) is 3.25. The van der Waals surface area contributed by atoms with E-state index in [4.69, 9.17) is 9.47 Å². The first kappa shape index (κ1) is 21.1. The molecule has 31 heavy (non-hydrogen) atoms. The van der Waals surface area contributed by atoms with Gasteiger partial charge in [0.1, 0.15) is 11.4 Å². The molecule has 7 nitrogen and oxygen atoms in total. The van der Waals surface area contributed by atoms with E-state index in [0.29, 0.717) is 39.0 Å². The Kier molecular flexibility index (Phi) is 6.94. The normalized spacial score (nSPS) is 19.7. The second-order valence-electron chi connectivity index (χ2n) is 7.92. The predicted octanol–water partition coefficient (Wildman–Crippen LogP) is 2.79. The van der Waals surface area contributed by atoms with Crippen LogP contribution in [0.1, 0.15) is 23.2 Å². The topological polar surface area (TPSA) is 78.3 Å². The molecule has 7 heteroatoms. The molecule has 1 aromatic heterocycles. The van der Waals surface area contributed by atoms with Crippen LogP contribution in [0, 0.1) is 5.92 Å². The molecule has 3 aromatic rings. The highest BCUT2D eigenvalue weighted by Crippen LogP contribution is 2.19. The van der Waals surface area contributed by atoms with E-state index in [-0.39, 0.29) is 17.9 Å². The van der Waals surface area contributed by atoms with Crippen LogP contribution in [0.2, 0.25) is 0 Å². The number of benzene rings is 2. The fraction of sp³-hybridized carbons (Fsp3) is 0.375. The average molecular weight is 421 g/mol. The minimum atomic E-state index is -0.182. The van der Waals surface area contributed by atoms with Crippen molar-refractivity contribution in [2.45, 2.75) is 38.5 Å². The lowest BCUT2D eigenvalue weighted by atomic mass is 9.94. The molecule has 0 saturated carbocycles. The van der Waals surface area contributed by atoms with Crippen molar-refractivity contribution in [3.05, 3.63) is 77.6 Å². The second kappa shape index (κ2) is 10.2. The first-order valence-corrected chi connectivity index (χ1v) is 10.6. The molecule has 0 aliphatic carbocycles. The van der Waals surface area contributed by atoms with Gasteiger partial charge in [-0.25, -0.2) is 0 Å². The molecule has 2 aromatic carbocycles. The second-order valence-corrected chi connectivity index (χ2v) is 7.92. The van der Waals surface area contributed by atoms with Crippen LogP contribution in [0.5, 0.6) is 5.75 Å². The minimum Gasteiger partial charge on any atom is -0.497 e. The molecule has 1 aliphatic heterocycles. The van der Waals surface area contributed by atoms with Gasteiger partial charge < -0.3 is 14.8 Å². The predicted molar refractivity (Wildman–Crippen MR) is 117 cm³/mol. The van der Waals surface area contributed by atoms with Gasteiger partial charge in [-0.15, -0.1) is 5.10 Å². The summed E-state index contributed by atoms with van der Waals surface area (Å²) in [5, 5.41) is 11.6. The van der Waals surface area contributed by atoms with Crippen LogP contribution in [0.25, 0.3) is 0 Å². The quantitative estimate of drug-likeness (QED) is 0.687. The van der Waals surface area contributed by atoms with Crippen LogP contribution in [0.4, 0.5) is 0 Å². The Hall–Kier alpha value is -3.19. The van der Waals surface area contributed by atoms with E-state index in [1.165, 1.54) is 5.56 Å². The van der Waals surface area contributed by atoms with Crippen LogP contribution in [-0.2, 0) is 35.5 Å². The SMILES string of the molecule is COc1ccc(C[C@@H]2CCn3cc(nn3)COC[C@H](Cc3ccccc3)NC2=O)cc1. The summed E-state index contributed by atoms with van der Waals surface area (Å²) < 4.78 is 12.9. The summed E-state index contributed by atoms with van der Waals surface area (Å²) >= 11 is 0. The number of carbonyl (C=O) groups is 1. The smallest absolute Gasteiger partial charge is 0.223 e. The minimum absolute atomic E-state index is 0.0428. The van der Waals surface area contributed by atoms with Crippen LogP contribution >= 0.6 is 0 Å². The number of rotatable bonds is 5. The zero-order valence-electron chi connectivity index (χ0n) is 17.7. The highest BCUT2D eigenvalue weighted by Gasteiger charge is 2.23. The fourth-order valence-corrected chi connectivity index (χ4v) is 3.85. The van der Waals surface area contributed by atoms with Gasteiger partial charge in [-0.1, -0.05) is 47.7 Å². The number of carbonyl (C=O) groups excluding carboxylic acids is 1. The molecule has 0 fully saturated rings. The van der Waals surface area contributed by atoms with Crippen molar-refractivity contribution < 1.29 is 14.3 Å². The molecular weight excluding hydrogens is 392 g/mol. The first-order chi connectivity index (χ1) is 15.2. The Labute approximate surface area is 182 Å². The third kappa shape index (κ3) is 5.92. The van der Waals surface area contributed by atoms with E-state index in [2.05, 4.69) is 27.8 Å². The highest BCUT2D eigenvalue weighted by molar-refractivity contribution is 5.79. The molecule has 2 bridgehead atoms. The van der Waals surface area contributed by atoms with Gasteiger partial charge in [0.05, 0.1) is 32.6 Å². The van der Waals surface area contributed by atoms with Gasteiger partial charge in [0.15, 0.2) is 0 Å². The summed E-state index contributed by atoms with van der Waals surface area (Å²) in [6.45, 7) is 1.43. The third-order valence-corrected chi connectivity index (χ3v) is 5.54. The molecule has 0 radical (unpaired) electrons. The molecule has 0 spiro atoms. The summed E-state index contributed by atoms with van der Waals surface area (Å²) in [5.74, 6) is 0.669. The van der Waals surface area contributed by atoms with Crippen molar-refractivity contribution in [2.24, 2.45) is 5.92 Å². The Morgan fingerprint density at radius 1 is 1.10 bits per heavy atom. The summed E-state index contributed by atoms with van der Waals surface area (Å²) in [6.07, 6.45) is 3.94. The Morgan fingerprint density at radius 3 is 2.65 bits per heavy atom. The largest absolute Gasteiger partial charge is 0.497 e. The molecule has 0 saturated heterocycles. The summed E-state index contributed by atoms with van der Waals surface area (Å²) in [4.78, 5) is 13.3. The van der Waals surface area contributed by atoms with E-state index in [9.17, 15) is 4.79 Å². The monoisotopic (exact) mass is 420 g/mol. The van der Waals surface area contributed by atoms with Crippen LogP contribution in [0.3, 0.4) is 0 Å². The van der Waals surface area contributed by atoms with Crippen molar-refractivity contribution >= 4 is 5.91 Å². The van der Waals surface area contributed by atoms with Gasteiger partial charge in [0.2, 0.25) is 5.91 Å². The van der Waals surface area contributed by atoms with Crippen LogP contribution in [0.15, 0.2) is 60.8 Å². The van der Waals surface area contributed by atoms with Crippen LogP contribution < -0.4 is 10.1 Å². The molecule has 1 N–H and O–H groups in total. The fourth-order valence-electron chi connectivity index (χ4n) is 3.85. The van der Waals surface area contributed by atoms with Crippen molar-refractivity contribution in [1.29, 1.82) is 0 Å². The lowest BCUT2D eigenvalue weighted by Crippen LogP contribution is -2.43. The number of nitrogens with one attached hydrogen (secondary N) is 1. The number of hydrogen-bond donors (Lipinski definition) is 1. The summed E-state index contributed by atoms with van der Waals surface area (Å²) in [7, 11) is 1.65. The lowest BCUT2D eigenvalue weighted by molar-refractivity contribution is -0.126.